The fourth-order valence-electron chi connectivity index (χ4n) is 3.28. The zero-order valence-corrected chi connectivity index (χ0v) is 18.2. The number of benzene rings is 2. The molecule has 0 aliphatic carbocycles. The molecule has 2 heterocycles. The van der Waals surface area contributed by atoms with E-state index in [1.165, 1.54) is 9.88 Å². The Bertz CT molecular complexity index is 948. The van der Waals surface area contributed by atoms with Gasteiger partial charge in [-0.15, -0.1) is 11.3 Å². The lowest BCUT2D eigenvalue weighted by atomic mass is 10.2. The van der Waals surface area contributed by atoms with Gasteiger partial charge in [0.1, 0.15) is 12.4 Å². The van der Waals surface area contributed by atoms with E-state index in [4.69, 9.17) is 14.2 Å². The van der Waals surface area contributed by atoms with Crippen molar-refractivity contribution in [1.29, 1.82) is 0 Å². The van der Waals surface area contributed by atoms with Crippen LogP contribution in [0.4, 0.5) is 10.7 Å². The molecule has 0 saturated carbocycles. The molecule has 1 aliphatic heterocycles. The Hall–Kier alpha value is -2.74. The SMILES string of the molecule is COCCOc1cc(N2CNCN(c3ccc(C)s3)C2)ccc1Oc1ccccc1. The molecule has 2 aromatic carbocycles. The van der Waals surface area contributed by atoms with Crippen LogP contribution < -0.4 is 24.6 Å². The monoisotopic (exact) mass is 425 g/mol. The molecule has 6 nitrogen and oxygen atoms in total. The average molecular weight is 426 g/mol. The van der Waals surface area contributed by atoms with Crippen molar-refractivity contribution in [3.8, 4) is 17.2 Å². The summed E-state index contributed by atoms with van der Waals surface area (Å²) in [6.45, 7) is 5.54. The molecule has 1 aliphatic rings. The Kier molecular flexibility index (Phi) is 6.74. The highest BCUT2D eigenvalue weighted by Crippen LogP contribution is 2.36. The topological polar surface area (TPSA) is 46.2 Å². The summed E-state index contributed by atoms with van der Waals surface area (Å²) < 4.78 is 17.2. The van der Waals surface area contributed by atoms with Crippen LogP contribution in [0, 0.1) is 6.92 Å². The third-order valence-corrected chi connectivity index (χ3v) is 5.85. The second-order valence-electron chi connectivity index (χ2n) is 7.06. The van der Waals surface area contributed by atoms with E-state index < -0.39 is 0 Å². The number of aryl methyl sites for hydroxylation is 1. The van der Waals surface area contributed by atoms with Gasteiger partial charge in [0.05, 0.1) is 31.6 Å². The quantitative estimate of drug-likeness (QED) is 0.530. The molecule has 30 heavy (non-hydrogen) atoms. The van der Waals surface area contributed by atoms with Gasteiger partial charge in [-0.1, -0.05) is 18.2 Å². The van der Waals surface area contributed by atoms with Crippen LogP contribution in [-0.4, -0.2) is 40.3 Å². The Morgan fingerprint density at radius 2 is 1.77 bits per heavy atom. The maximum Gasteiger partial charge on any atom is 0.169 e. The number of nitrogens with one attached hydrogen (secondary N) is 1. The van der Waals surface area contributed by atoms with Gasteiger partial charge in [0.15, 0.2) is 11.5 Å². The van der Waals surface area contributed by atoms with Crippen LogP contribution in [0.15, 0.2) is 60.7 Å². The van der Waals surface area contributed by atoms with E-state index in [0.717, 1.165) is 31.4 Å². The van der Waals surface area contributed by atoms with E-state index in [-0.39, 0.29) is 0 Å². The summed E-state index contributed by atoms with van der Waals surface area (Å²) in [5.41, 5.74) is 1.08. The summed E-state index contributed by atoms with van der Waals surface area (Å²) in [7, 11) is 1.67. The van der Waals surface area contributed by atoms with Crippen molar-refractivity contribution in [3.63, 3.8) is 0 Å². The van der Waals surface area contributed by atoms with E-state index in [1.54, 1.807) is 7.11 Å². The number of methoxy groups -OCH3 is 1. The molecule has 0 atom stereocenters. The number of hydrogen-bond acceptors (Lipinski definition) is 7. The minimum Gasteiger partial charge on any atom is -0.487 e. The van der Waals surface area contributed by atoms with Gasteiger partial charge >= 0.3 is 0 Å². The van der Waals surface area contributed by atoms with Gasteiger partial charge in [-0.05, 0) is 43.3 Å². The standard InChI is InChI=1S/C23H27N3O3S/c1-18-8-11-23(30-18)26-16-24-15-25(17-26)19-9-10-21(22(14-19)28-13-12-27-2)29-20-6-4-3-5-7-20/h3-11,14,24H,12-13,15-17H2,1-2H3. The first kappa shape index (κ1) is 20.5. The number of rotatable bonds is 8. The van der Waals surface area contributed by atoms with Crippen LogP contribution in [-0.2, 0) is 4.74 Å². The summed E-state index contributed by atoms with van der Waals surface area (Å²) in [5.74, 6) is 2.18. The van der Waals surface area contributed by atoms with Crippen molar-refractivity contribution in [2.75, 3.05) is 50.1 Å². The minimum atomic E-state index is 0.462. The molecule has 4 rings (SSSR count). The van der Waals surface area contributed by atoms with E-state index in [0.29, 0.717) is 24.7 Å². The molecule has 0 unspecified atom stereocenters. The van der Waals surface area contributed by atoms with E-state index in [1.807, 2.05) is 53.8 Å². The fourth-order valence-corrected chi connectivity index (χ4v) is 4.13. The highest BCUT2D eigenvalue weighted by Gasteiger charge is 2.20. The van der Waals surface area contributed by atoms with Crippen molar-refractivity contribution in [2.45, 2.75) is 6.92 Å². The van der Waals surface area contributed by atoms with Gasteiger partial charge in [0.25, 0.3) is 0 Å². The van der Waals surface area contributed by atoms with Crippen LogP contribution in [0.25, 0.3) is 0 Å². The first-order chi connectivity index (χ1) is 14.7. The lowest BCUT2D eigenvalue weighted by Gasteiger charge is -2.38. The highest BCUT2D eigenvalue weighted by atomic mass is 32.1. The summed E-state index contributed by atoms with van der Waals surface area (Å²) in [5, 5.41) is 4.75. The molecule has 158 valence electrons. The normalized spacial score (nSPS) is 14.1. The number of ether oxygens (including phenoxy) is 3. The molecule has 1 N–H and O–H groups in total. The van der Waals surface area contributed by atoms with Gasteiger partial charge < -0.3 is 24.0 Å². The van der Waals surface area contributed by atoms with Crippen LogP contribution in [0.5, 0.6) is 17.2 Å². The number of thiophene rings is 1. The largest absolute Gasteiger partial charge is 0.487 e. The van der Waals surface area contributed by atoms with Crippen LogP contribution in [0.1, 0.15) is 4.88 Å². The second kappa shape index (κ2) is 9.84. The molecule has 1 aromatic heterocycles. The number of anilines is 2. The molecule has 7 heteroatoms. The predicted molar refractivity (Wildman–Crippen MR) is 122 cm³/mol. The Labute approximate surface area is 181 Å². The maximum atomic E-state index is 6.07. The van der Waals surface area contributed by atoms with E-state index in [2.05, 4.69) is 40.2 Å². The summed E-state index contributed by atoms with van der Waals surface area (Å²) in [6, 6.07) is 20.2. The molecule has 3 aromatic rings. The fraction of sp³-hybridized carbons (Fsp3) is 0.304. The molecule has 1 saturated heterocycles. The zero-order chi connectivity index (χ0) is 20.8. The van der Waals surface area contributed by atoms with Gasteiger partial charge in [-0.2, -0.15) is 0 Å². The zero-order valence-electron chi connectivity index (χ0n) is 17.3. The van der Waals surface area contributed by atoms with Gasteiger partial charge in [-0.25, -0.2) is 0 Å². The highest BCUT2D eigenvalue weighted by molar-refractivity contribution is 7.16. The van der Waals surface area contributed by atoms with Crippen molar-refractivity contribution in [1.82, 2.24) is 5.32 Å². The summed E-state index contributed by atoms with van der Waals surface area (Å²) in [4.78, 5) is 5.94. The average Bonchev–Trinajstić information content (AvgIpc) is 3.22. The minimum absolute atomic E-state index is 0.462. The smallest absolute Gasteiger partial charge is 0.169 e. The lowest BCUT2D eigenvalue weighted by molar-refractivity contribution is 0.144. The van der Waals surface area contributed by atoms with E-state index in [9.17, 15) is 0 Å². The van der Waals surface area contributed by atoms with Crippen LogP contribution >= 0.6 is 11.3 Å². The lowest BCUT2D eigenvalue weighted by Crippen LogP contribution is -2.53. The maximum absolute atomic E-state index is 6.07. The second-order valence-corrected chi connectivity index (χ2v) is 8.33. The molecule has 0 bridgehead atoms. The Balaban J connectivity index is 1.54. The molecule has 0 radical (unpaired) electrons. The first-order valence-corrected chi connectivity index (χ1v) is 10.8. The Morgan fingerprint density at radius 1 is 0.933 bits per heavy atom. The van der Waals surface area contributed by atoms with Crippen molar-refractivity contribution in [3.05, 3.63) is 65.5 Å². The number of nitrogens with zero attached hydrogens (tertiary/aromatic N) is 2. The Morgan fingerprint density at radius 3 is 2.53 bits per heavy atom. The number of para-hydroxylation sites is 1. The molecule has 1 fully saturated rings. The molecular weight excluding hydrogens is 398 g/mol. The third-order valence-electron chi connectivity index (χ3n) is 4.79. The summed E-state index contributed by atoms with van der Waals surface area (Å²) in [6.07, 6.45) is 0. The van der Waals surface area contributed by atoms with E-state index >= 15 is 0 Å². The van der Waals surface area contributed by atoms with Crippen LogP contribution in [0.2, 0.25) is 0 Å². The summed E-state index contributed by atoms with van der Waals surface area (Å²) >= 11 is 1.81. The molecular formula is C23H27N3O3S. The predicted octanol–water partition coefficient (Wildman–Crippen LogP) is 4.66. The third kappa shape index (κ3) is 5.05. The van der Waals surface area contributed by atoms with Gasteiger partial charge in [0, 0.05) is 23.7 Å². The van der Waals surface area contributed by atoms with Crippen LogP contribution in [0.3, 0.4) is 0 Å². The molecule has 0 spiro atoms. The first-order valence-electron chi connectivity index (χ1n) is 9.98. The number of hydrogen-bond donors (Lipinski definition) is 1. The van der Waals surface area contributed by atoms with Crippen molar-refractivity contribution >= 4 is 22.0 Å². The van der Waals surface area contributed by atoms with Gasteiger partial charge in [-0.3, -0.25) is 5.32 Å². The van der Waals surface area contributed by atoms with Gasteiger partial charge in [0.2, 0.25) is 0 Å². The van der Waals surface area contributed by atoms with Crippen molar-refractivity contribution < 1.29 is 14.2 Å². The molecule has 0 amide bonds. The van der Waals surface area contributed by atoms with Crippen molar-refractivity contribution in [2.24, 2.45) is 0 Å².